The molecular weight excluding hydrogens is 686 g/mol. The van der Waals surface area contributed by atoms with Gasteiger partial charge in [0.1, 0.15) is 17.4 Å². The van der Waals surface area contributed by atoms with Gasteiger partial charge in [-0.1, -0.05) is 58.4 Å². The SMILES string of the molecule is O=C(NC1(CBr)CC1)N[C@](Cc1ccccc1)(c1ccc(F)cc1)C1C=C(OC(F)(F)C(F)I)C=C(F)C1. The Morgan fingerprint density at radius 1 is 1.13 bits per heavy atom. The molecule has 2 aromatic carbocycles. The van der Waals surface area contributed by atoms with Gasteiger partial charge >= 0.3 is 12.1 Å². The van der Waals surface area contributed by atoms with E-state index in [-0.39, 0.29) is 12.8 Å². The van der Waals surface area contributed by atoms with Crippen LogP contribution in [0.2, 0.25) is 0 Å². The van der Waals surface area contributed by atoms with Crippen molar-refractivity contribution in [3.63, 3.8) is 0 Å². The minimum absolute atomic E-state index is 0.115. The molecule has 2 aliphatic rings. The van der Waals surface area contributed by atoms with Gasteiger partial charge in [-0.3, -0.25) is 0 Å². The molecule has 38 heavy (non-hydrogen) atoms. The molecular formula is C27H25BrF5IN2O2. The smallest absolute Gasteiger partial charge is 0.430 e. The van der Waals surface area contributed by atoms with E-state index in [9.17, 15) is 26.7 Å². The van der Waals surface area contributed by atoms with Gasteiger partial charge in [-0.15, -0.1) is 0 Å². The minimum atomic E-state index is -4.21. The molecule has 204 valence electrons. The average Bonchev–Trinajstić information content (AvgIpc) is 3.63. The first-order valence-electron chi connectivity index (χ1n) is 11.9. The Morgan fingerprint density at radius 3 is 2.37 bits per heavy atom. The monoisotopic (exact) mass is 710 g/mol. The Hall–Kier alpha value is -2.15. The van der Waals surface area contributed by atoms with Crippen molar-refractivity contribution in [2.45, 2.75) is 47.0 Å². The molecule has 0 spiro atoms. The number of benzene rings is 2. The number of rotatable bonds is 10. The second-order valence-electron chi connectivity index (χ2n) is 9.57. The normalized spacial score (nSPS) is 20.9. The highest BCUT2D eigenvalue weighted by Crippen LogP contribution is 2.43. The lowest BCUT2D eigenvalue weighted by molar-refractivity contribution is -0.225. The largest absolute Gasteiger partial charge is 0.439 e. The Morgan fingerprint density at radius 2 is 1.79 bits per heavy atom. The molecule has 2 aromatic rings. The molecule has 2 aliphatic carbocycles. The fourth-order valence-corrected chi connectivity index (χ4v) is 5.38. The van der Waals surface area contributed by atoms with Crippen molar-refractivity contribution in [1.29, 1.82) is 0 Å². The zero-order valence-corrected chi connectivity index (χ0v) is 23.7. The average molecular weight is 711 g/mol. The summed E-state index contributed by atoms with van der Waals surface area (Å²) in [4.78, 5) is 13.4. The van der Waals surface area contributed by atoms with Gasteiger partial charge in [0, 0.05) is 30.2 Å². The zero-order valence-electron chi connectivity index (χ0n) is 20.0. The second-order valence-corrected chi connectivity index (χ2v) is 11.2. The van der Waals surface area contributed by atoms with Gasteiger partial charge in [-0.2, -0.15) is 8.78 Å². The number of ether oxygens (including phenoxy) is 1. The molecule has 2 amide bonds. The van der Waals surface area contributed by atoms with Crippen LogP contribution in [0.5, 0.6) is 0 Å². The first kappa shape index (κ1) is 28.8. The van der Waals surface area contributed by atoms with E-state index in [4.69, 9.17) is 0 Å². The lowest BCUT2D eigenvalue weighted by Gasteiger charge is -2.42. The maximum atomic E-state index is 15.0. The van der Waals surface area contributed by atoms with Crippen LogP contribution >= 0.6 is 38.5 Å². The molecule has 3 atom stereocenters. The lowest BCUT2D eigenvalue weighted by Crippen LogP contribution is -2.57. The van der Waals surface area contributed by atoms with Gasteiger partial charge in [0.05, 0.1) is 11.1 Å². The van der Waals surface area contributed by atoms with Crippen LogP contribution in [-0.4, -0.2) is 27.2 Å². The summed E-state index contributed by atoms with van der Waals surface area (Å²) in [6.07, 6.45) is -0.779. The number of halogens is 7. The topological polar surface area (TPSA) is 50.4 Å². The third-order valence-electron chi connectivity index (χ3n) is 6.73. The molecule has 11 heteroatoms. The first-order chi connectivity index (χ1) is 18.0. The predicted molar refractivity (Wildman–Crippen MR) is 146 cm³/mol. The molecule has 0 bridgehead atoms. The van der Waals surface area contributed by atoms with Gasteiger partial charge in [-0.25, -0.2) is 18.0 Å². The van der Waals surface area contributed by atoms with Crippen LogP contribution in [0.1, 0.15) is 30.4 Å². The van der Waals surface area contributed by atoms with Gasteiger partial charge in [0.15, 0.2) is 0 Å². The Balaban J connectivity index is 1.82. The van der Waals surface area contributed by atoms with Crippen molar-refractivity contribution >= 4 is 44.6 Å². The van der Waals surface area contributed by atoms with E-state index in [1.54, 1.807) is 12.1 Å². The molecule has 0 aromatic heterocycles. The summed E-state index contributed by atoms with van der Waals surface area (Å²) in [7, 11) is 0. The van der Waals surface area contributed by atoms with Gasteiger partial charge < -0.3 is 15.4 Å². The Labute approximate surface area is 239 Å². The van der Waals surface area contributed by atoms with Crippen LogP contribution < -0.4 is 10.6 Å². The van der Waals surface area contributed by atoms with E-state index in [2.05, 4.69) is 31.3 Å². The van der Waals surface area contributed by atoms with E-state index in [0.29, 0.717) is 10.9 Å². The summed E-state index contributed by atoms with van der Waals surface area (Å²) < 4.78 is 72.6. The Kier molecular flexibility index (Phi) is 8.75. The van der Waals surface area contributed by atoms with E-state index in [1.165, 1.54) is 30.3 Å². The molecule has 0 heterocycles. The summed E-state index contributed by atoms with van der Waals surface area (Å²) in [6, 6.07) is 13.8. The van der Waals surface area contributed by atoms with Crippen molar-refractivity contribution in [2.24, 2.45) is 5.92 Å². The zero-order chi connectivity index (χ0) is 27.6. The fraction of sp³-hybridized carbons (Fsp3) is 0.370. The molecule has 2 unspecified atom stereocenters. The fourth-order valence-electron chi connectivity index (χ4n) is 4.55. The summed E-state index contributed by atoms with van der Waals surface area (Å²) in [6.45, 7) is 0. The number of carbonyl (C=O) groups is 1. The van der Waals surface area contributed by atoms with Gasteiger partial charge in [0.2, 0.25) is 0 Å². The summed E-state index contributed by atoms with van der Waals surface area (Å²) in [5.74, 6) is -2.83. The highest BCUT2D eigenvalue weighted by Gasteiger charge is 2.48. The second kappa shape index (κ2) is 11.5. The van der Waals surface area contributed by atoms with Crippen molar-refractivity contribution < 1.29 is 31.5 Å². The van der Waals surface area contributed by atoms with Crippen molar-refractivity contribution in [1.82, 2.24) is 10.6 Å². The van der Waals surface area contributed by atoms with Gasteiger partial charge in [0.25, 0.3) is 4.18 Å². The number of amides is 2. The van der Waals surface area contributed by atoms with Crippen molar-refractivity contribution in [3.05, 3.63) is 95.3 Å². The number of urea groups is 1. The predicted octanol–water partition coefficient (Wildman–Crippen LogP) is 7.59. The van der Waals surface area contributed by atoms with Crippen LogP contribution in [0.15, 0.2) is 78.3 Å². The number of carbonyl (C=O) groups excluding carboxylic acids is 1. The number of hydrogen-bond acceptors (Lipinski definition) is 2. The molecule has 4 nitrogen and oxygen atoms in total. The van der Waals surface area contributed by atoms with Crippen LogP contribution in [-0.2, 0) is 16.7 Å². The maximum Gasteiger partial charge on any atom is 0.439 e. The highest BCUT2D eigenvalue weighted by atomic mass is 127. The number of allylic oxidation sites excluding steroid dienone is 2. The van der Waals surface area contributed by atoms with Crippen LogP contribution in [0.3, 0.4) is 0 Å². The first-order valence-corrected chi connectivity index (χ1v) is 14.2. The third-order valence-corrected chi connectivity index (χ3v) is 8.53. The number of nitrogens with one attached hydrogen (secondary N) is 2. The molecule has 0 aliphatic heterocycles. The standard InChI is InChI=1S/C27H25BrF5IN2O2/c28-16-25(10-11-25)35-24(37)36-26(15-17-4-2-1-3-5-17,18-6-8-20(29)9-7-18)19-12-21(30)14-22(13-19)38-27(32,33)23(31)34/h1-9,13-14,19,23H,10-12,15-16H2,(H2,35,36,37)/t19?,23?,26-/m1/s1. The minimum Gasteiger partial charge on any atom is -0.430 e. The quantitative estimate of drug-likeness (QED) is 0.152. The highest BCUT2D eigenvalue weighted by molar-refractivity contribution is 14.1. The number of hydrogen-bond donors (Lipinski definition) is 2. The Bertz CT molecular complexity index is 1210. The molecule has 0 radical (unpaired) electrons. The van der Waals surface area contributed by atoms with Crippen LogP contribution in [0, 0.1) is 11.7 Å². The molecule has 1 fully saturated rings. The molecule has 4 rings (SSSR count). The number of alkyl halides is 5. The van der Waals surface area contributed by atoms with E-state index in [0.717, 1.165) is 47.1 Å². The van der Waals surface area contributed by atoms with Crippen molar-refractivity contribution in [2.75, 3.05) is 5.33 Å². The van der Waals surface area contributed by atoms with E-state index in [1.807, 2.05) is 18.2 Å². The lowest BCUT2D eigenvalue weighted by atomic mass is 9.71. The third kappa shape index (κ3) is 6.70. The van der Waals surface area contributed by atoms with E-state index < -0.39 is 50.7 Å². The molecule has 2 N–H and O–H groups in total. The molecule has 1 saturated carbocycles. The summed E-state index contributed by atoms with van der Waals surface area (Å²) >= 11 is 4.30. The maximum absolute atomic E-state index is 15.0. The van der Waals surface area contributed by atoms with E-state index >= 15 is 0 Å². The van der Waals surface area contributed by atoms with Gasteiger partial charge in [-0.05, 0) is 64.8 Å². The van der Waals surface area contributed by atoms with Crippen molar-refractivity contribution in [3.8, 4) is 0 Å². The summed E-state index contributed by atoms with van der Waals surface area (Å²) in [5.41, 5.74) is -0.658. The van der Waals surface area contributed by atoms with Crippen LogP contribution in [0.25, 0.3) is 0 Å². The van der Waals surface area contributed by atoms with Crippen LogP contribution in [0.4, 0.5) is 26.7 Å². The summed E-state index contributed by atoms with van der Waals surface area (Å²) in [5, 5.41) is 6.48. The molecule has 0 saturated heterocycles.